The maximum absolute atomic E-state index is 13.0. The van der Waals surface area contributed by atoms with Crippen LogP contribution in [0.15, 0.2) is 40.8 Å². The van der Waals surface area contributed by atoms with Crippen LogP contribution in [0, 0.1) is 11.7 Å². The summed E-state index contributed by atoms with van der Waals surface area (Å²) in [4.78, 5) is 35.8. The summed E-state index contributed by atoms with van der Waals surface area (Å²) in [7, 11) is 1.23. The van der Waals surface area contributed by atoms with E-state index >= 15 is 0 Å². The lowest BCUT2D eigenvalue weighted by molar-refractivity contribution is -0.145. The Morgan fingerprint density at radius 3 is 2.39 bits per heavy atom. The monoisotopic (exact) mass is 391 g/mol. The van der Waals surface area contributed by atoms with E-state index in [-0.39, 0.29) is 17.5 Å². The van der Waals surface area contributed by atoms with Gasteiger partial charge < -0.3 is 19.2 Å². The summed E-state index contributed by atoms with van der Waals surface area (Å²) in [6, 6.07) is 7.69. The van der Waals surface area contributed by atoms with Crippen molar-refractivity contribution in [2.45, 2.75) is 26.3 Å². The number of hydrogen-bond acceptors (Lipinski definition) is 6. The highest BCUT2D eigenvalue weighted by Crippen LogP contribution is 2.22. The number of furan rings is 1. The third kappa shape index (κ3) is 5.94. The highest BCUT2D eigenvalue weighted by molar-refractivity contribution is 5.90. The first-order valence-corrected chi connectivity index (χ1v) is 8.70. The lowest BCUT2D eigenvalue weighted by Gasteiger charge is -2.18. The van der Waals surface area contributed by atoms with Crippen LogP contribution in [0.5, 0.6) is 0 Å². The van der Waals surface area contributed by atoms with Gasteiger partial charge in [-0.1, -0.05) is 13.8 Å². The van der Waals surface area contributed by atoms with Crippen molar-refractivity contribution < 1.29 is 32.7 Å². The van der Waals surface area contributed by atoms with Crippen molar-refractivity contribution in [3.63, 3.8) is 0 Å². The summed E-state index contributed by atoms with van der Waals surface area (Å²) in [5.74, 6) is -2.00. The number of carbonyl (C=O) groups excluding carboxylic acids is 3. The molecule has 0 saturated carbocycles. The lowest BCUT2D eigenvalue weighted by atomic mass is 10.0. The minimum Gasteiger partial charge on any atom is -0.467 e. The average Bonchev–Trinajstić information content (AvgIpc) is 3.15. The van der Waals surface area contributed by atoms with Crippen LogP contribution in [0.3, 0.4) is 0 Å². The molecule has 2 aromatic rings. The zero-order valence-corrected chi connectivity index (χ0v) is 15.9. The maximum atomic E-state index is 13.0. The van der Waals surface area contributed by atoms with Gasteiger partial charge in [-0.05, 0) is 48.7 Å². The minimum absolute atomic E-state index is 0.0983. The van der Waals surface area contributed by atoms with E-state index in [0.717, 1.165) is 0 Å². The summed E-state index contributed by atoms with van der Waals surface area (Å²) in [6.45, 7) is 3.23. The van der Waals surface area contributed by atoms with Gasteiger partial charge in [-0.25, -0.2) is 14.0 Å². The molecule has 1 aromatic heterocycles. The molecule has 2 rings (SSSR count). The molecule has 0 saturated heterocycles. The van der Waals surface area contributed by atoms with Gasteiger partial charge >= 0.3 is 11.9 Å². The lowest BCUT2D eigenvalue weighted by Crippen LogP contribution is -2.44. The van der Waals surface area contributed by atoms with Crippen molar-refractivity contribution in [3.05, 3.63) is 48.0 Å². The summed E-state index contributed by atoms with van der Waals surface area (Å²) in [5, 5.41) is 2.49. The molecule has 0 unspecified atom stereocenters. The fraction of sp³-hybridized carbons (Fsp3) is 0.350. The van der Waals surface area contributed by atoms with Crippen molar-refractivity contribution in [2.75, 3.05) is 13.7 Å². The second-order valence-corrected chi connectivity index (χ2v) is 6.52. The highest BCUT2D eigenvalue weighted by Gasteiger charge is 2.23. The Balaban J connectivity index is 1.91. The largest absolute Gasteiger partial charge is 0.467 e. The van der Waals surface area contributed by atoms with Crippen molar-refractivity contribution in [2.24, 2.45) is 5.92 Å². The summed E-state index contributed by atoms with van der Waals surface area (Å²) in [6.07, 6.45) is 0.394. The zero-order valence-electron chi connectivity index (χ0n) is 15.9. The van der Waals surface area contributed by atoms with Crippen LogP contribution in [0.1, 0.15) is 30.8 Å². The molecule has 1 aromatic carbocycles. The molecular formula is C20H22FNO6. The van der Waals surface area contributed by atoms with Crippen molar-refractivity contribution >= 4 is 17.8 Å². The number of hydrogen-bond donors (Lipinski definition) is 1. The van der Waals surface area contributed by atoms with Gasteiger partial charge in [-0.3, -0.25) is 4.79 Å². The van der Waals surface area contributed by atoms with Crippen molar-refractivity contribution in [1.29, 1.82) is 0 Å². The number of halogens is 1. The number of amides is 1. The van der Waals surface area contributed by atoms with Gasteiger partial charge in [-0.15, -0.1) is 0 Å². The second-order valence-electron chi connectivity index (χ2n) is 6.52. The molecule has 150 valence electrons. The summed E-state index contributed by atoms with van der Waals surface area (Å²) < 4.78 is 27.9. The van der Waals surface area contributed by atoms with E-state index in [2.05, 4.69) is 10.1 Å². The third-order valence-electron chi connectivity index (χ3n) is 3.80. The summed E-state index contributed by atoms with van der Waals surface area (Å²) >= 11 is 0. The Kier molecular flexibility index (Phi) is 7.31. The van der Waals surface area contributed by atoms with Crippen LogP contribution in [-0.4, -0.2) is 37.6 Å². The van der Waals surface area contributed by atoms with Gasteiger partial charge in [0.05, 0.1) is 7.11 Å². The van der Waals surface area contributed by atoms with Gasteiger partial charge in [0.2, 0.25) is 5.76 Å². The molecule has 1 atom stereocenters. The van der Waals surface area contributed by atoms with Gasteiger partial charge in [0.15, 0.2) is 6.61 Å². The van der Waals surface area contributed by atoms with E-state index in [1.54, 1.807) is 6.07 Å². The fourth-order valence-electron chi connectivity index (χ4n) is 2.48. The molecule has 0 bridgehead atoms. The van der Waals surface area contributed by atoms with Crippen LogP contribution >= 0.6 is 0 Å². The number of carbonyl (C=O) groups is 3. The molecule has 1 heterocycles. The number of benzene rings is 1. The standard InChI is InChI=1S/C20H22FNO6/c1-12(2)10-15(19(24)26-3)22-18(23)11-27-20(25)17-9-8-16(28-17)13-4-6-14(21)7-5-13/h4-9,12,15H,10-11H2,1-3H3,(H,22,23)/t15-/m0/s1. The normalized spacial score (nSPS) is 11.8. The van der Waals surface area contributed by atoms with Crippen LogP contribution < -0.4 is 5.32 Å². The number of rotatable bonds is 8. The van der Waals surface area contributed by atoms with Crippen LogP contribution in [-0.2, 0) is 19.1 Å². The average molecular weight is 391 g/mol. The molecule has 0 spiro atoms. The SMILES string of the molecule is COC(=O)[C@H](CC(C)C)NC(=O)COC(=O)c1ccc(-c2ccc(F)cc2)o1. The molecule has 28 heavy (non-hydrogen) atoms. The van der Waals surface area contributed by atoms with Crippen LogP contribution in [0.25, 0.3) is 11.3 Å². The quantitative estimate of drug-likeness (QED) is 0.695. The Bertz CT molecular complexity index is 827. The van der Waals surface area contributed by atoms with Gasteiger partial charge in [0.1, 0.15) is 17.6 Å². The highest BCUT2D eigenvalue weighted by atomic mass is 19.1. The number of nitrogens with one attached hydrogen (secondary N) is 1. The first-order valence-electron chi connectivity index (χ1n) is 8.70. The van der Waals surface area contributed by atoms with E-state index in [0.29, 0.717) is 17.7 Å². The Labute approximate surface area is 161 Å². The molecular weight excluding hydrogens is 369 g/mol. The zero-order chi connectivity index (χ0) is 20.7. The number of ether oxygens (including phenoxy) is 2. The predicted octanol–water partition coefficient (Wildman–Crippen LogP) is 2.95. The first-order chi connectivity index (χ1) is 13.3. The molecule has 0 aliphatic rings. The van der Waals surface area contributed by atoms with Gasteiger partial charge in [0, 0.05) is 5.56 Å². The Morgan fingerprint density at radius 1 is 1.11 bits per heavy atom. The van der Waals surface area contributed by atoms with Crippen molar-refractivity contribution in [1.82, 2.24) is 5.32 Å². The number of esters is 2. The smallest absolute Gasteiger partial charge is 0.374 e. The topological polar surface area (TPSA) is 94.8 Å². The van der Waals surface area contributed by atoms with Gasteiger partial charge in [0.25, 0.3) is 5.91 Å². The molecule has 7 nitrogen and oxygen atoms in total. The van der Waals surface area contributed by atoms with E-state index in [1.807, 2.05) is 13.8 Å². The predicted molar refractivity (Wildman–Crippen MR) is 97.8 cm³/mol. The molecule has 0 aliphatic heterocycles. The van der Waals surface area contributed by atoms with E-state index in [9.17, 15) is 18.8 Å². The molecule has 1 N–H and O–H groups in total. The molecule has 8 heteroatoms. The fourth-order valence-corrected chi connectivity index (χ4v) is 2.48. The van der Waals surface area contributed by atoms with Crippen LogP contribution in [0.2, 0.25) is 0 Å². The van der Waals surface area contributed by atoms with E-state index < -0.39 is 30.5 Å². The first kappa shape index (κ1) is 21.1. The summed E-state index contributed by atoms with van der Waals surface area (Å²) in [5.41, 5.74) is 0.591. The number of methoxy groups -OCH3 is 1. The van der Waals surface area contributed by atoms with E-state index in [1.165, 1.54) is 37.4 Å². The van der Waals surface area contributed by atoms with Crippen LogP contribution in [0.4, 0.5) is 4.39 Å². The second kappa shape index (κ2) is 9.68. The maximum Gasteiger partial charge on any atom is 0.374 e. The Hall–Kier alpha value is -3.16. The third-order valence-corrected chi connectivity index (χ3v) is 3.80. The van der Waals surface area contributed by atoms with E-state index in [4.69, 9.17) is 9.15 Å². The Morgan fingerprint density at radius 2 is 1.79 bits per heavy atom. The molecule has 0 radical (unpaired) electrons. The minimum atomic E-state index is -0.831. The molecule has 0 aliphatic carbocycles. The molecule has 1 amide bonds. The molecule has 0 fully saturated rings. The van der Waals surface area contributed by atoms with Gasteiger partial charge in [-0.2, -0.15) is 0 Å². The van der Waals surface area contributed by atoms with Crippen molar-refractivity contribution in [3.8, 4) is 11.3 Å².